The third-order valence-electron chi connectivity index (χ3n) is 3.85. The summed E-state index contributed by atoms with van der Waals surface area (Å²) in [6.45, 7) is 0. The third-order valence-corrected chi connectivity index (χ3v) is 5.77. The van der Waals surface area contributed by atoms with Crippen LogP contribution < -0.4 is 0 Å². The molecule has 1 N–H and O–H groups in total. The number of fused-ring (bicyclic) bond motifs is 1. The molecule has 2 aromatic heterocycles. The molecule has 2 heterocycles. The smallest absolute Gasteiger partial charge is 0.254 e. The number of hydrogen-bond acceptors (Lipinski definition) is 5. The van der Waals surface area contributed by atoms with Gasteiger partial charge >= 0.3 is 0 Å². The summed E-state index contributed by atoms with van der Waals surface area (Å²) >= 11 is 6.17. The van der Waals surface area contributed by atoms with Crippen LogP contribution in [0.2, 0.25) is 5.02 Å². The van der Waals surface area contributed by atoms with Crippen LogP contribution in [0.4, 0.5) is 8.78 Å². The van der Waals surface area contributed by atoms with E-state index in [9.17, 15) is 17.2 Å². The van der Waals surface area contributed by atoms with Gasteiger partial charge in [0.05, 0.1) is 10.4 Å². The van der Waals surface area contributed by atoms with Crippen LogP contribution in [0.15, 0.2) is 58.7 Å². The molecule has 0 bridgehead atoms. The van der Waals surface area contributed by atoms with E-state index in [1.54, 1.807) is 24.3 Å². The van der Waals surface area contributed by atoms with Gasteiger partial charge in [0.15, 0.2) is 5.65 Å². The van der Waals surface area contributed by atoms with Gasteiger partial charge in [-0.3, -0.25) is 5.10 Å². The number of nitrogens with zero attached hydrogens (tertiary/aromatic N) is 3. The van der Waals surface area contributed by atoms with Crippen LogP contribution in [0.1, 0.15) is 0 Å². The molecular formula is C17H9ClF2N4O2S. The molecule has 0 amide bonds. The normalized spacial score (nSPS) is 11.8. The minimum Gasteiger partial charge on any atom is -0.260 e. The van der Waals surface area contributed by atoms with Gasteiger partial charge in [-0.2, -0.15) is 10.1 Å². The van der Waals surface area contributed by atoms with Gasteiger partial charge in [0.1, 0.15) is 22.2 Å². The predicted molar refractivity (Wildman–Crippen MR) is 93.9 cm³/mol. The summed E-state index contributed by atoms with van der Waals surface area (Å²) in [4.78, 5) is 7.07. The van der Waals surface area contributed by atoms with Crippen LogP contribution >= 0.6 is 11.6 Å². The first kappa shape index (κ1) is 17.5. The topological polar surface area (TPSA) is 88.6 Å². The lowest BCUT2D eigenvalue weighted by atomic mass is 10.1. The van der Waals surface area contributed by atoms with E-state index in [0.717, 1.165) is 12.1 Å². The van der Waals surface area contributed by atoms with Crippen molar-refractivity contribution in [3.8, 4) is 11.3 Å². The van der Waals surface area contributed by atoms with Crippen molar-refractivity contribution in [2.24, 2.45) is 0 Å². The van der Waals surface area contributed by atoms with Crippen molar-refractivity contribution in [2.45, 2.75) is 10.1 Å². The lowest BCUT2D eigenvalue weighted by Crippen LogP contribution is -2.09. The Labute approximate surface area is 156 Å². The van der Waals surface area contributed by atoms with Crippen molar-refractivity contribution in [1.82, 2.24) is 20.2 Å². The molecule has 0 aliphatic carbocycles. The highest BCUT2D eigenvalue weighted by Gasteiger charge is 2.26. The van der Waals surface area contributed by atoms with E-state index in [4.69, 9.17) is 11.6 Å². The highest BCUT2D eigenvalue weighted by molar-refractivity contribution is 7.91. The van der Waals surface area contributed by atoms with Crippen molar-refractivity contribution in [3.63, 3.8) is 0 Å². The molecule has 6 nitrogen and oxygen atoms in total. The van der Waals surface area contributed by atoms with Gasteiger partial charge < -0.3 is 0 Å². The SMILES string of the molecule is O=S(=O)(c1ncc2c(-c3ccccc3Cl)n[nH]c2n1)c1ccc(F)cc1F. The quantitative estimate of drug-likeness (QED) is 0.413. The lowest BCUT2D eigenvalue weighted by molar-refractivity contribution is 0.546. The second-order valence-electron chi connectivity index (χ2n) is 5.55. The Balaban J connectivity index is 1.85. The maximum absolute atomic E-state index is 13.9. The van der Waals surface area contributed by atoms with Gasteiger partial charge in [0.2, 0.25) is 9.84 Å². The average Bonchev–Trinajstić information content (AvgIpc) is 3.05. The van der Waals surface area contributed by atoms with Gasteiger partial charge in [-0.15, -0.1) is 0 Å². The van der Waals surface area contributed by atoms with Crippen LogP contribution in [-0.4, -0.2) is 28.6 Å². The lowest BCUT2D eigenvalue weighted by Gasteiger charge is -2.05. The molecule has 0 unspecified atom stereocenters. The fourth-order valence-electron chi connectivity index (χ4n) is 2.57. The minimum atomic E-state index is -4.38. The predicted octanol–water partition coefficient (Wildman–Crippen LogP) is 3.78. The molecule has 4 aromatic rings. The van der Waals surface area contributed by atoms with Gasteiger partial charge in [-0.05, 0) is 18.2 Å². The maximum Gasteiger partial charge on any atom is 0.254 e. The monoisotopic (exact) mass is 406 g/mol. The van der Waals surface area contributed by atoms with E-state index in [1.807, 2.05) is 0 Å². The molecule has 0 fully saturated rings. The Morgan fingerprint density at radius 2 is 1.85 bits per heavy atom. The average molecular weight is 407 g/mol. The van der Waals surface area contributed by atoms with E-state index in [2.05, 4.69) is 20.2 Å². The fraction of sp³-hybridized carbons (Fsp3) is 0. The van der Waals surface area contributed by atoms with Crippen molar-refractivity contribution in [1.29, 1.82) is 0 Å². The van der Waals surface area contributed by atoms with Crippen molar-refractivity contribution in [3.05, 3.63) is 65.3 Å². The summed E-state index contributed by atoms with van der Waals surface area (Å²) < 4.78 is 52.2. The highest BCUT2D eigenvalue weighted by Crippen LogP contribution is 2.31. The summed E-state index contributed by atoms with van der Waals surface area (Å²) in [7, 11) is -4.38. The number of hydrogen-bond donors (Lipinski definition) is 1. The van der Waals surface area contributed by atoms with Crippen LogP contribution in [0.25, 0.3) is 22.3 Å². The highest BCUT2D eigenvalue weighted by atomic mass is 35.5. The number of aromatic nitrogens is 4. The van der Waals surface area contributed by atoms with E-state index >= 15 is 0 Å². The van der Waals surface area contributed by atoms with E-state index < -0.39 is 31.5 Å². The van der Waals surface area contributed by atoms with E-state index in [-0.39, 0.29) is 5.65 Å². The summed E-state index contributed by atoms with van der Waals surface area (Å²) in [5.74, 6) is -2.11. The fourth-order valence-corrected chi connectivity index (χ4v) is 3.96. The van der Waals surface area contributed by atoms with Crippen LogP contribution in [0.3, 0.4) is 0 Å². The largest absolute Gasteiger partial charge is 0.260 e. The molecule has 0 saturated heterocycles. The summed E-state index contributed by atoms with van der Waals surface area (Å²) in [5.41, 5.74) is 1.21. The third kappa shape index (κ3) is 2.94. The first-order valence-corrected chi connectivity index (χ1v) is 9.40. The van der Waals surface area contributed by atoms with Gasteiger partial charge in [-0.25, -0.2) is 22.2 Å². The number of aromatic amines is 1. The molecule has 27 heavy (non-hydrogen) atoms. The molecule has 10 heteroatoms. The van der Waals surface area contributed by atoms with E-state index in [0.29, 0.717) is 27.7 Å². The molecule has 4 rings (SSSR count). The van der Waals surface area contributed by atoms with Gasteiger partial charge in [0, 0.05) is 17.8 Å². The van der Waals surface area contributed by atoms with Crippen LogP contribution in [0.5, 0.6) is 0 Å². The number of halogens is 3. The van der Waals surface area contributed by atoms with Crippen molar-refractivity contribution >= 4 is 32.5 Å². The first-order valence-electron chi connectivity index (χ1n) is 7.54. The first-order chi connectivity index (χ1) is 12.9. The van der Waals surface area contributed by atoms with Gasteiger partial charge in [0.25, 0.3) is 5.16 Å². The standard InChI is InChI=1S/C17H9ClF2N4O2S/c18-12-4-2-1-3-10(12)15-11-8-21-17(22-16(11)24-23-15)27(25,26)14-6-5-9(19)7-13(14)20/h1-8H,(H,21,22,23,24). The summed E-state index contributed by atoms with van der Waals surface area (Å²) in [5, 5.41) is 7.02. The van der Waals surface area contributed by atoms with Crippen molar-refractivity contribution < 1.29 is 17.2 Å². The van der Waals surface area contributed by atoms with Crippen LogP contribution in [0, 0.1) is 11.6 Å². The molecule has 0 spiro atoms. The molecule has 0 aliphatic heterocycles. The second kappa shape index (κ2) is 6.36. The molecule has 0 aliphatic rings. The number of rotatable bonds is 3. The van der Waals surface area contributed by atoms with Gasteiger partial charge in [-0.1, -0.05) is 29.8 Å². The molecule has 0 atom stereocenters. The Hall–Kier alpha value is -2.91. The zero-order valence-corrected chi connectivity index (χ0v) is 14.9. The van der Waals surface area contributed by atoms with Crippen LogP contribution in [-0.2, 0) is 9.84 Å². The maximum atomic E-state index is 13.9. The molecule has 0 saturated carbocycles. The Bertz CT molecular complexity index is 1290. The zero-order valence-electron chi connectivity index (χ0n) is 13.3. The summed E-state index contributed by atoms with van der Waals surface area (Å²) in [6, 6.07) is 9.13. The Morgan fingerprint density at radius 1 is 1.07 bits per heavy atom. The Morgan fingerprint density at radius 3 is 2.59 bits per heavy atom. The molecule has 136 valence electrons. The number of H-pyrrole nitrogens is 1. The minimum absolute atomic E-state index is 0.140. The second-order valence-corrected chi connectivity index (χ2v) is 7.76. The number of benzene rings is 2. The van der Waals surface area contributed by atoms with Crippen molar-refractivity contribution in [2.75, 3.05) is 0 Å². The molecule has 0 radical (unpaired) electrons. The zero-order chi connectivity index (χ0) is 19.2. The molecular weight excluding hydrogens is 398 g/mol. The molecule has 2 aromatic carbocycles. The Kier molecular flexibility index (Phi) is 4.12. The van der Waals surface area contributed by atoms with E-state index in [1.165, 1.54) is 6.20 Å². The summed E-state index contributed by atoms with van der Waals surface area (Å²) in [6.07, 6.45) is 1.26. The number of nitrogens with one attached hydrogen (secondary N) is 1. The number of sulfone groups is 1.